The van der Waals surface area contributed by atoms with Crippen LogP contribution in [0, 0.1) is 0 Å². The van der Waals surface area contributed by atoms with E-state index in [0.29, 0.717) is 0 Å². The second-order valence-corrected chi connectivity index (χ2v) is 5.57. The Morgan fingerprint density at radius 1 is 1.08 bits per heavy atom. The van der Waals surface area contributed by atoms with Crippen LogP contribution in [0.1, 0.15) is 6.92 Å². The summed E-state index contributed by atoms with van der Waals surface area (Å²) in [7, 11) is 0. The molecule has 24 heavy (non-hydrogen) atoms. The molecule has 0 aliphatic carbocycles. The van der Waals surface area contributed by atoms with Gasteiger partial charge in [0, 0.05) is 12.1 Å². The predicted molar refractivity (Wildman–Crippen MR) is 78.8 cm³/mol. The molecule has 0 radical (unpaired) electrons. The maximum absolute atomic E-state index is 12.4. The first-order valence-electron chi connectivity index (χ1n) is 7.13. The van der Waals surface area contributed by atoms with Gasteiger partial charge in [-0.05, 0) is 6.92 Å². The second-order valence-electron chi connectivity index (χ2n) is 5.57. The molecule has 0 saturated carbocycles. The smallest absolute Gasteiger partial charge is 0.238 e. The number of fused-ring (bicyclic) bond motifs is 1. The van der Waals surface area contributed by atoms with Crippen LogP contribution in [0.4, 0.5) is 0 Å². The largest absolute Gasteiger partial charge is 0.508 e. The minimum atomic E-state index is -1.60. The Kier molecular flexibility index (Phi) is 4.10. The van der Waals surface area contributed by atoms with Gasteiger partial charge in [-0.25, -0.2) is 0 Å². The number of benzene rings is 1. The summed E-state index contributed by atoms with van der Waals surface area (Å²) < 4.78 is 15.6. The van der Waals surface area contributed by atoms with E-state index in [9.17, 15) is 30.3 Å². The molecule has 2 heterocycles. The number of hydrogen-bond acceptors (Lipinski definition) is 9. The van der Waals surface area contributed by atoms with Crippen LogP contribution >= 0.6 is 0 Å². The van der Waals surface area contributed by atoms with Crippen molar-refractivity contribution >= 4 is 11.0 Å². The van der Waals surface area contributed by atoms with E-state index in [4.69, 9.17) is 13.9 Å². The zero-order valence-electron chi connectivity index (χ0n) is 12.5. The molecule has 1 saturated heterocycles. The van der Waals surface area contributed by atoms with Gasteiger partial charge in [0.2, 0.25) is 17.5 Å². The van der Waals surface area contributed by atoms with E-state index in [1.54, 1.807) is 0 Å². The summed E-state index contributed by atoms with van der Waals surface area (Å²) in [6.45, 7) is 1.47. The van der Waals surface area contributed by atoms with E-state index in [2.05, 4.69) is 0 Å². The molecule has 5 N–H and O–H groups in total. The third-order valence-corrected chi connectivity index (χ3v) is 3.86. The highest BCUT2D eigenvalue weighted by Crippen LogP contribution is 2.30. The van der Waals surface area contributed by atoms with Crippen molar-refractivity contribution in [2.24, 2.45) is 0 Å². The molecule has 0 unspecified atom stereocenters. The Bertz CT molecular complexity index is 814. The van der Waals surface area contributed by atoms with Gasteiger partial charge in [0.25, 0.3) is 0 Å². The molecule has 0 amide bonds. The minimum Gasteiger partial charge on any atom is -0.508 e. The first kappa shape index (κ1) is 16.5. The van der Waals surface area contributed by atoms with E-state index >= 15 is 0 Å². The highest BCUT2D eigenvalue weighted by Gasteiger charge is 2.43. The third-order valence-electron chi connectivity index (χ3n) is 3.86. The molecule has 1 aromatic heterocycles. The van der Waals surface area contributed by atoms with Crippen molar-refractivity contribution in [3.8, 4) is 17.2 Å². The van der Waals surface area contributed by atoms with Crippen molar-refractivity contribution in [1.82, 2.24) is 0 Å². The molecule has 3 rings (SSSR count). The standard InChI is InChI=1S/C15H16O9/c1-5-11(18)13(20)14(21)15(23-5)24-9-4-22-8-3-6(16)2-7(17)10(8)12(9)19/h2-5,11,13-18,20-21H,1H3/t5-,11-,13-,14-,15+/m1/s1. The lowest BCUT2D eigenvalue weighted by atomic mass is 10.00. The second kappa shape index (κ2) is 5.95. The number of phenolic OH excluding ortho intramolecular Hbond substituents is 2. The van der Waals surface area contributed by atoms with Crippen molar-refractivity contribution < 1.29 is 39.4 Å². The molecule has 1 fully saturated rings. The van der Waals surface area contributed by atoms with Gasteiger partial charge in [-0.1, -0.05) is 0 Å². The summed E-state index contributed by atoms with van der Waals surface area (Å²) in [4.78, 5) is 12.4. The van der Waals surface area contributed by atoms with Gasteiger partial charge >= 0.3 is 0 Å². The normalized spacial score (nSPS) is 30.4. The highest BCUT2D eigenvalue weighted by molar-refractivity contribution is 5.85. The van der Waals surface area contributed by atoms with Crippen LogP contribution in [0.15, 0.2) is 27.6 Å². The summed E-state index contributed by atoms with van der Waals surface area (Å²) in [6.07, 6.45) is -5.75. The van der Waals surface area contributed by atoms with Crippen LogP contribution in [0.3, 0.4) is 0 Å². The van der Waals surface area contributed by atoms with E-state index in [1.165, 1.54) is 6.92 Å². The topological polar surface area (TPSA) is 150 Å². The first-order valence-corrected chi connectivity index (χ1v) is 7.13. The van der Waals surface area contributed by atoms with Crippen molar-refractivity contribution in [3.05, 3.63) is 28.6 Å². The van der Waals surface area contributed by atoms with Crippen molar-refractivity contribution in [3.63, 3.8) is 0 Å². The van der Waals surface area contributed by atoms with E-state index in [1.807, 2.05) is 0 Å². The molecule has 9 nitrogen and oxygen atoms in total. The number of hydrogen-bond donors (Lipinski definition) is 5. The fraction of sp³-hybridized carbons (Fsp3) is 0.400. The van der Waals surface area contributed by atoms with E-state index < -0.39 is 41.9 Å². The molecular weight excluding hydrogens is 324 g/mol. The van der Waals surface area contributed by atoms with Crippen LogP contribution in [-0.4, -0.2) is 56.2 Å². The Labute approximate surface area is 134 Å². The lowest BCUT2D eigenvalue weighted by Crippen LogP contribution is -2.58. The van der Waals surface area contributed by atoms with E-state index in [0.717, 1.165) is 18.4 Å². The van der Waals surface area contributed by atoms with Gasteiger partial charge in [-0.15, -0.1) is 0 Å². The van der Waals surface area contributed by atoms with Gasteiger partial charge in [-0.3, -0.25) is 4.79 Å². The summed E-state index contributed by atoms with van der Waals surface area (Å²) in [6, 6.07) is 2.12. The lowest BCUT2D eigenvalue weighted by Gasteiger charge is -2.38. The quantitative estimate of drug-likeness (QED) is 0.483. The summed E-state index contributed by atoms with van der Waals surface area (Å²) in [5.74, 6) is -1.16. The zero-order chi connectivity index (χ0) is 17.6. The maximum atomic E-state index is 12.4. The molecule has 1 aliphatic rings. The molecule has 5 atom stereocenters. The number of phenols is 2. The van der Waals surface area contributed by atoms with Crippen LogP contribution < -0.4 is 10.2 Å². The molecule has 9 heteroatoms. The van der Waals surface area contributed by atoms with Crippen LogP contribution in [0.5, 0.6) is 17.2 Å². The average molecular weight is 340 g/mol. The van der Waals surface area contributed by atoms with Crippen molar-refractivity contribution in [1.29, 1.82) is 0 Å². The number of aliphatic hydroxyl groups is 3. The third kappa shape index (κ3) is 2.67. The molecule has 1 aliphatic heterocycles. The Morgan fingerprint density at radius 2 is 1.79 bits per heavy atom. The monoisotopic (exact) mass is 340 g/mol. The fourth-order valence-electron chi connectivity index (χ4n) is 2.52. The van der Waals surface area contributed by atoms with Gasteiger partial charge in [-0.2, -0.15) is 0 Å². The predicted octanol–water partition coefficient (Wildman–Crippen LogP) is -0.589. The fourth-order valence-corrected chi connectivity index (χ4v) is 2.52. The molecule has 2 aromatic rings. The van der Waals surface area contributed by atoms with Gasteiger partial charge in [0.1, 0.15) is 47.0 Å². The van der Waals surface area contributed by atoms with Gasteiger partial charge in [0.15, 0.2) is 0 Å². The summed E-state index contributed by atoms with van der Waals surface area (Å²) in [5, 5.41) is 48.3. The van der Waals surface area contributed by atoms with Crippen molar-refractivity contribution in [2.45, 2.75) is 37.6 Å². The SMILES string of the molecule is C[C@H]1O[C@@H](Oc2coc3cc(O)cc(O)c3c2=O)[C@H](O)[C@H](O)[C@@H]1O. The Morgan fingerprint density at radius 3 is 2.50 bits per heavy atom. The molecular formula is C15H16O9. The van der Waals surface area contributed by atoms with Crippen LogP contribution in [0.25, 0.3) is 11.0 Å². The van der Waals surface area contributed by atoms with Gasteiger partial charge < -0.3 is 39.4 Å². The molecule has 1 aromatic carbocycles. The Balaban J connectivity index is 1.96. The molecule has 130 valence electrons. The minimum absolute atomic E-state index is 0.0567. The zero-order valence-corrected chi connectivity index (χ0v) is 12.5. The van der Waals surface area contributed by atoms with Crippen LogP contribution in [0.2, 0.25) is 0 Å². The Hall–Kier alpha value is -2.33. The van der Waals surface area contributed by atoms with Crippen molar-refractivity contribution in [2.75, 3.05) is 0 Å². The van der Waals surface area contributed by atoms with Crippen LogP contribution in [-0.2, 0) is 4.74 Å². The average Bonchev–Trinajstić information content (AvgIpc) is 2.52. The summed E-state index contributed by atoms with van der Waals surface area (Å²) >= 11 is 0. The summed E-state index contributed by atoms with van der Waals surface area (Å²) in [5.41, 5.74) is -0.809. The number of ether oxygens (including phenoxy) is 2. The highest BCUT2D eigenvalue weighted by atomic mass is 16.7. The first-order chi connectivity index (χ1) is 11.3. The molecule has 0 bridgehead atoms. The molecule has 0 spiro atoms. The number of aliphatic hydroxyl groups excluding tert-OH is 3. The number of aromatic hydroxyl groups is 2. The lowest BCUT2D eigenvalue weighted by molar-refractivity contribution is -0.268. The van der Waals surface area contributed by atoms with Gasteiger partial charge in [0.05, 0.1) is 6.10 Å². The van der Waals surface area contributed by atoms with E-state index in [-0.39, 0.29) is 22.5 Å². The maximum Gasteiger partial charge on any atom is 0.238 e. The number of rotatable bonds is 2.